The van der Waals surface area contributed by atoms with Gasteiger partial charge in [-0.3, -0.25) is 4.79 Å². The van der Waals surface area contributed by atoms with E-state index in [2.05, 4.69) is 11.9 Å². The van der Waals surface area contributed by atoms with Gasteiger partial charge >= 0.3 is 12.0 Å². The van der Waals surface area contributed by atoms with E-state index in [1.165, 1.54) is 11.0 Å². The summed E-state index contributed by atoms with van der Waals surface area (Å²) >= 11 is 0. The van der Waals surface area contributed by atoms with Crippen LogP contribution in [0.5, 0.6) is 0 Å². The standard InChI is InChI=1S/C10H18N2O3/c1-4-6-12(7-9(13)14)10(15)11-8(3)5-2/h4,8H,1,5-7H2,2-3H3,(H,11,15)(H,13,14). The predicted molar refractivity (Wildman–Crippen MR) is 57.7 cm³/mol. The van der Waals surface area contributed by atoms with Crippen molar-refractivity contribution in [1.29, 1.82) is 0 Å². The number of amides is 2. The van der Waals surface area contributed by atoms with E-state index in [1.807, 2.05) is 13.8 Å². The van der Waals surface area contributed by atoms with Gasteiger partial charge in [-0.05, 0) is 13.3 Å². The zero-order valence-corrected chi connectivity index (χ0v) is 9.19. The average Bonchev–Trinajstić information content (AvgIpc) is 2.16. The molecular formula is C10H18N2O3. The zero-order chi connectivity index (χ0) is 11.8. The Balaban J connectivity index is 4.27. The molecule has 0 aromatic rings. The highest BCUT2D eigenvalue weighted by atomic mass is 16.4. The van der Waals surface area contributed by atoms with Crippen molar-refractivity contribution >= 4 is 12.0 Å². The van der Waals surface area contributed by atoms with Crippen molar-refractivity contribution in [3.05, 3.63) is 12.7 Å². The molecule has 1 unspecified atom stereocenters. The Labute approximate surface area is 89.8 Å². The van der Waals surface area contributed by atoms with Gasteiger partial charge in [0.25, 0.3) is 0 Å². The van der Waals surface area contributed by atoms with Gasteiger partial charge in [0, 0.05) is 12.6 Å². The van der Waals surface area contributed by atoms with Gasteiger partial charge in [-0.25, -0.2) is 4.79 Å². The fourth-order valence-electron chi connectivity index (χ4n) is 0.943. The summed E-state index contributed by atoms with van der Waals surface area (Å²) in [5, 5.41) is 11.3. The number of aliphatic carboxylic acids is 1. The summed E-state index contributed by atoms with van der Waals surface area (Å²) in [6, 6.07) is -0.328. The second kappa shape index (κ2) is 6.86. The van der Waals surface area contributed by atoms with Crippen LogP contribution in [-0.2, 0) is 4.79 Å². The highest BCUT2D eigenvalue weighted by molar-refractivity contribution is 5.80. The van der Waals surface area contributed by atoms with E-state index in [0.29, 0.717) is 0 Å². The van der Waals surface area contributed by atoms with Crippen LogP contribution in [0, 0.1) is 0 Å². The molecule has 5 heteroatoms. The number of hydrogen-bond donors (Lipinski definition) is 2. The molecule has 0 spiro atoms. The largest absolute Gasteiger partial charge is 0.480 e. The third-order valence-electron chi connectivity index (χ3n) is 1.95. The summed E-state index contributed by atoms with van der Waals surface area (Å²) in [6.07, 6.45) is 2.31. The Morgan fingerprint density at radius 2 is 2.20 bits per heavy atom. The maximum absolute atomic E-state index is 11.5. The maximum atomic E-state index is 11.5. The molecule has 0 aliphatic rings. The Bertz CT molecular complexity index is 241. The third-order valence-corrected chi connectivity index (χ3v) is 1.95. The maximum Gasteiger partial charge on any atom is 0.323 e. The molecule has 2 N–H and O–H groups in total. The monoisotopic (exact) mass is 214 g/mol. The fraction of sp³-hybridized carbons (Fsp3) is 0.600. The molecule has 0 heterocycles. The van der Waals surface area contributed by atoms with Crippen molar-refractivity contribution in [2.45, 2.75) is 26.3 Å². The van der Waals surface area contributed by atoms with Gasteiger partial charge in [-0.2, -0.15) is 0 Å². The number of carboxylic acids is 1. The molecule has 0 aromatic heterocycles. The van der Waals surface area contributed by atoms with Gasteiger partial charge in [0.1, 0.15) is 6.54 Å². The molecule has 2 amide bonds. The molecule has 5 nitrogen and oxygen atoms in total. The second-order valence-electron chi connectivity index (χ2n) is 3.32. The van der Waals surface area contributed by atoms with Crippen molar-refractivity contribution in [1.82, 2.24) is 10.2 Å². The van der Waals surface area contributed by atoms with E-state index in [1.54, 1.807) is 0 Å². The Kier molecular flexibility index (Phi) is 6.17. The van der Waals surface area contributed by atoms with Gasteiger partial charge in [-0.15, -0.1) is 6.58 Å². The predicted octanol–water partition coefficient (Wildman–Crippen LogP) is 1.07. The van der Waals surface area contributed by atoms with Gasteiger partial charge < -0.3 is 15.3 Å². The minimum Gasteiger partial charge on any atom is -0.480 e. The molecule has 15 heavy (non-hydrogen) atoms. The molecule has 0 rings (SSSR count). The summed E-state index contributed by atoms with van der Waals surface area (Å²) in [7, 11) is 0. The van der Waals surface area contributed by atoms with Crippen LogP contribution in [0.3, 0.4) is 0 Å². The van der Waals surface area contributed by atoms with Crippen LogP contribution in [-0.4, -0.2) is 41.1 Å². The molecule has 0 radical (unpaired) electrons. The first-order chi connectivity index (χ1) is 7.01. The molecule has 86 valence electrons. The molecular weight excluding hydrogens is 196 g/mol. The van der Waals surface area contributed by atoms with Gasteiger partial charge in [0.15, 0.2) is 0 Å². The van der Waals surface area contributed by atoms with Crippen molar-refractivity contribution in [2.24, 2.45) is 0 Å². The fourth-order valence-corrected chi connectivity index (χ4v) is 0.943. The van der Waals surface area contributed by atoms with Gasteiger partial charge in [0.05, 0.1) is 0 Å². The first-order valence-electron chi connectivity index (χ1n) is 4.89. The Morgan fingerprint density at radius 3 is 2.60 bits per heavy atom. The van der Waals surface area contributed by atoms with Crippen molar-refractivity contribution in [3.8, 4) is 0 Å². The number of carbonyl (C=O) groups is 2. The molecule has 0 fully saturated rings. The summed E-state index contributed by atoms with van der Waals surface area (Å²) in [5.74, 6) is -1.03. The molecule has 0 bridgehead atoms. The number of hydrogen-bond acceptors (Lipinski definition) is 2. The minimum atomic E-state index is -1.03. The van der Waals surface area contributed by atoms with E-state index >= 15 is 0 Å². The molecule has 0 aliphatic heterocycles. The normalized spacial score (nSPS) is 11.6. The van der Waals surface area contributed by atoms with Gasteiger partial charge in [-0.1, -0.05) is 13.0 Å². The lowest BCUT2D eigenvalue weighted by molar-refractivity contribution is -0.137. The number of rotatable bonds is 6. The molecule has 0 saturated carbocycles. The van der Waals surface area contributed by atoms with E-state index < -0.39 is 5.97 Å². The highest BCUT2D eigenvalue weighted by Gasteiger charge is 2.16. The van der Waals surface area contributed by atoms with Crippen molar-refractivity contribution < 1.29 is 14.7 Å². The molecule has 0 aliphatic carbocycles. The van der Waals surface area contributed by atoms with Crippen LogP contribution in [0.1, 0.15) is 20.3 Å². The van der Waals surface area contributed by atoms with E-state index in [-0.39, 0.29) is 25.2 Å². The average molecular weight is 214 g/mol. The lowest BCUT2D eigenvalue weighted by atomic mass is 10.3. The quantitative estimate of drug-likeness (QED) is 0.650. The number of carboxylic acid groups (broad SMARTS) is 1. The van der Waals surface area contributed by atoms with Crippen molar-refractivity contribution in [3.63, 3.8) is 0 Å². The summed E-state index contributed by atoms with van der Waals surface area (Å²) in [6.45, 7) is 7.20. The summed E-state index contributed by atoms with van der Waals surface area (Å²) in [4.78, 5) is 23.2. The van der Waals surface area contributed by atoms with Crippen LogP contribution in [0.2, 0.25) is 0 Å². The van der Waals surface area contributed by atoms with E-state index in [9.17, 15) is 9.59 Å². The lowest BCUT2D eigenvalue weighted by Crippen LogP contribution is -2.45. The topological polar surface area (TPSA) is 69.6 Å². The summed E-state index contributed by atoms with van der Waals surface area (Å²) in [5.41, 5.74) is 0. The zero-order valence-electron chi connectivity index (χ0n) is 9.19. The third kappa shape index (κ3) is 5.72. The number of nitrogens with one attached hydrogen (secondary N) is 1. The number of carbonyl (C=O) groups excluding carboxylic acids is 1. The number of urea groups is 1. The SMILES string of the molecule is C=CCN(CC(=O)O)C(=O)NC(C)CC. The van der Waals surface area contributed by atoms with Crippen LogP contribution in [0.15, 0.2) is 12.7 Å². The van der Waals surface area contributed by atoms with Crippen LogP contribution < -0.4 is 5.32 Å². The molecule has 0 saturated heterocycles. The summed E-state index contributed by atoms with van der Waals surface area (Å²) < 4.78 is 0. The van der Waals surface area contributed by atoms with Crippen LogP contribution in [0.4, 0.5) is 4.79 Å². The van der Waals surface area contributed by atoms with E-state index in [4.69, 9.17) is 5.11 Å². The Hall–Kier alpha value is -1.52. The number of nitrogens with zero attached hydrogens (tertiary/aromatic N) is 1. The first kappa shape index (κ1) is 13.5. The van der Waals surface area contributed by atoms with Gasteiger partial charge in [0.2, 0.25) is 0 Å². The smallest absolute Gasteiger partial charge is 0.323 e. The first-order valence-corrected chi connectivity index (χ1v) is 4.89. The van der Waals surface area contributed by atoms with Crippen LogP contribution in [0.25, 0.3) is 0 Å². The molecule has 1 atom stereocenters. The lowest BCUT2D eigenvalue weighted by Gasteiger charge is -2.21. The second-order valence-corrected chi connectivity index (χ2v) is 3.32. The van der Waals surface area contributed by atoms with E-state index in [0.717, 1.165) is 6.42 Å². The van der Waals surface area contributed by atoms with Crippen molar-refractivity contribution in [2.75, 3.05) is 13.1 Å². The van der Waals surface area contributed by atoms with Crippen LogP contribution >= 0.6 is 0 Å². The minimum absolute atomic E-state index is 0.0404. The molecule has 0 aromatic carbocycles. The highest BCUT2D eigenvalue weighted by Crippen LogP contribution is 1.94. The Morgan fingerprint density at radius 1 is 1.60 bits per heavy atom.